The van der Waals surface area contributed by atoms with Gasteiger partial charge in [0, 0.05) is 54.9 Å². The Hall–Kier alpha value is -3.42. The van der Waals surface area contributed by atoms with Crippen LogP contribution in [0.2, 0.25) is 0 Å². The van der Waals surface area contributed by atoms with E-state index in [9.17, 15) is 23.1 Å². The van der Waals surface area contributed by atoms with E-state index in [1.54, 1.807) is 37.7 Å². The van der Waals surface area contributed by atoms with Gasteiger partial charge in [-0.05, 0) is 48.8 Å². The fourth-order valence-electron chi connectivity index (χ4n) is 5.79. The second kappa shape index (κ2) is 14.8. The van der Waals surface area contributed by atoms with Crippen LogP contribution in [0.5, 0.6) is 5.75 Å². The van der Waals surface area contributed by atoms with Crippen LogP contribution in [0.3, 0.4) is 0 Å². The number of nitrogens with zero attached hydrogens (tertiary/aromatic N) is 2. The van der Waals surface area contributed by atoms with Crippen LogP contribution in [0.4, 0.5) is 13.2 Å². The molecule has 9 heteroatoms. The van der Waals surface area contributed by atoms with Crippen molar-refractivity contribution in [2.45, 2.75) is 86.7 Å². The summed E-state index contributed by atoms with van der Waals surface area (Å²) in [5.41, 5.74) is 2.02. The van der Waals surface area contributed by atoms with E-state index in [0.717, 1.165) is 63.9 Å². The molecule has 255 valence electrons. The van der Waals surface area contributed by atoms with Crippen molar-refractivity contribution in [3.63, 3.8) is 0 Å². The number of carbonyl (C=O) groups excluding carboxylic acids is 1. The number of hydrogen-bond acceptors (Lipinski definition) is 4. The number of benzene rings is 3. The molecule has 1 N–H and O–H groups in total. The molecule has 3 aromatic carbocycles. The number of aryl methyl sites for hydroxylation is 1. The number of aromatic nitrogens is 2. The van der Waals surface area contributed by atoms with Crippen LogP contribution in [-0.4, -0.2) is 33.6 Å². The quantitative estimate of drug-likeness (QED) is 0.0529. The number of fused-ring (bicyclic) bond motifs is 7. The van der Waals surface area contributed by atoms with Crippen molar-refractivity contribution in [2.75, 3.05) is 7.11 Å². The van der Waals surface area contributed by atoms with Crippen LogP contribution < -0.4 is 4.74 Å². The third-order valence-electron chi connectivity index (χ3n) is 9.98. The molecular formula is C38H44F3IrN2O3-. The summed E-state index contributed by atoms with van der Waals surface area (Å²) in [4.78, 5) is 16.6. The summed E-state index contributed by atoms with van der Waals surface area (Å²) in [6, 6.07) is 14.2. The van der Waals surface area contributed by atoms with Crippen LogP contribution in [0.15, 0.2) is 60.6 Å². The number of hydrogen-bond donors (Lipinski definition) is 1. The summed E-state index contributed by atoms with van der Waals surface area (Å²) >= 11 is 0. The Morgan fingerprint density at radius 1 is 0.979 bits per heavy atom. The first-order valence-electron chi connectivity index (χ1n) is 15.9. The van der Waals surface area contributed by atoms with Crippen molar-refractivity contribution in [3.8, 4) is 5.75 Å². The number of aliphatic hydroxyl groups excluding tert-OH is 1. The van der Waals surface area contributed by atoms with Crippen molar-refractivity contribution < 1.29 is 47.9 Å². The second-order valence-electron chi connectivity index (χ2n) is 12.6. The molecule has 0 unspecified atom stereocenters. The standard InChI is InChI=1S/C23H16F3N2O.C15H28O2.Ir/c1-13-18-11-16(29-2)5-4-15(18)10-19-21(13)17-6-3-14(12-23(24,25)26)9-20(17)28-8-7-27-22(19)28;1-7-14(5,8-2)12(16)11-13(17)15(6,9-3)10-4;/h3-9,11H,12H2,1-2H3;11,16H,7-10H2,1-6H3;/q-1;;/b;12-11-;. The summed E-state index contributed by atoms with van der Waals surface area (Å²) in [6.07, 6.45) is 2.97. The Morgan fingerprint density at radius 3 is 2.19 bits per heavy atom. The van der Waals surface area contributed by atoms with Gasteiger partial charge in [0.05, 0.1) is 19.2 Å². The number of imidazole rings is 1. The Kier molecular flexibility index (Phi) is 12.0. The number of aliphatic hydroxyl groups is 1. The van der Waals surface area contributed by atoms with Gasteiger partial charge < -0.3 is 14.2 Å². The first kappa shape index (κ1) is 38.0. The number of ketones is 1. The monoisotopic (exact) mass is 826 g/mol. The van der Waals surface area contributed by atoms with Gasteiger partial charge in [0.1, 0.15) is 11.5 Å². The van der Waals surface area contributed by atoms with Gasteiger partial charge in [-0.3, -0.25) is 9.78 Å². The second-order valence-corrected chi connectivity index (χ2v) is 12.6. The van der Waals surface area contributed by atoms with E-state index in [-0.39, 0.29) is 48.0 Å². The molecule has 2 aromatic heterocycles. The zero-order valence-electron chi connectivity index (χ0n) is 28.4. The molecule has 0 aliphatic heterocycles. The maximum atomic E-state index is 12.9. The number of halogens is 3. The molecule has 0 aliphatic carbocycles. The zero-order chi connectivity index (χ0) is 34.0. The number of allylic oxidation sites excluding steroid dienone is 2. The van der Waals surface area contributed by atoms with E-state index in [1.165, 1.54) is 6.08 Å². The fraction of sp³-hybridized carbons (Fsp3) is 0.421. The maximum absolute atomic E-state index is 12.9. The minimum absolute atomic E-state index is 0. The van der Waals surface area contributed by atoms with Gasteiger partial charge in [-0.25, -0.2) is 0 Å². The number of ether oxygens (including phenoxy) is 1. The number of methoxy groups -OCH3 is 1. The van der Waals surface area contributed by atoms with E-state index < -0.39 is 12.6 Å². The average Bonchev–Trinajstić information content (AvgIpc) is 3.54. The van der Waals surface area contributed by atoms with Crippen LogP contribution in [0, 0.1) is 23.8 Å². The SMILES string of the molecule is CCC(C)(CC)C(=O)/C=C(\O)C(C)(CC)CC.COc1ccc2[c-]c3c(c(C)c2c1)c1ccc(CC(F)(F)F)cc1n1ccnc31.[Ir]. The topological polar surface area (TPSA) is 63.8 Å². The van der Waals surface area contributed by atoms with Crippen LogP contribution in [-0.2, 0) is 31.3 Å². The Labute approximate surface area is 288 Å². The van der Waals surface area contributed by atoms with Crippen LogP contribution >= 0.6 is 0 Å². The van der Waals surface area contributed by atoms with E-state index >= 15 is 0 Å². The van der Waals surface area contributed by atoms with Crippen molar-refractivity contribution in [1.29, 1.82) is 0 Å². The smallest absolute Gasteiger partial charge is 0.393 e. The summed E-state index contributed by atoms with van der Waals surface area (Å²) in [5, 5.41) is 14.7. The predicted molar refractivity (Wildman–Crippen MR) is 181 cm³/mol. The normalized spacial score (nSPS) is 12.7. The fourth-order valence-corrected chi connectivity index (χ4v) is 5.79. The average molecular weight is 826 g/mol. The Balaban J connectivity index is 0.000000290. The summed E-state index contributed by atoms with van der Waals surface area (Å²) in [6.45, 7) is 14.1. The first-order valence-corrected chi connectivity index (χ1v) is 15.9. The van der Waals surface area contributed by atoms with Gasteiger partial charge in [-0.1, -0.05) is 82.8 Å². The minimum atomic E-state index is -4.25. The van der Waals surface area contributed by atoms with Crippen molar-refractivity contribution >= 4 is 43.9 Å². The zero-order valence-corrected chi connectivity index (χ0v) is 30.8. The van der Waals surface area contributed by atoms with Crippen molar-refractivity contribution in [1.82, 2.24) is 9.38 Å². The van der Waals surface area contributed by atoms with Crippen LogP contribution in [0.25, 0.3) is 38.1 Å². The molecule has 0 amide bonds. The summed E-state index contributed by atoms with van der Waals surface area (Å²) in [5.74, 6) is 1.03. The molecule has 1 radical (unpaired) electrons. The van der Waals surface area contributed by atoms with Gasteiger partial charge >= 0.3 is 6.18 Å². The Bertz CT molecular complexity index is 1920. The minimum Gasteiger partial charge on any atom is -0.512 e. The predicted octanol–water partition coefficient (Wildman–Crippen LogP) is 10.7. The molecule has 2 heterocycles. The van der Waals surface area contributed by atoms with E-state index in [0.29, 0.717) is 11.2 Å². The maximum Gasteiger partial charge on any atom is 0.393 e. The van der Waals surface area contributed by atoms with Gasteiger partial charge in [0.2, 0.25) is 0 Å². The van der Waals surface area contributed by atoms with Gasteiger partial charge in [0.15, 0.2) is 5.78 Å². The number of pyridine rings is 1. The molecule has 0 bridgehead atoms. The van der Waals surface area contributed by atoms with Gasteiger partial charge in [-0.15, -0.1) is 23.1 Å². The van der Waals surface area contributed by atoms with E-state index in [1.807, 2.05) is 71.1 Å². The third-order valence-corrected chi connectivity index (χ3v) is 9.98. The molecule has 0 saturated carbocycles. The molecule has 0 spiro atoms. The molecule has 0 saturated heterocycles. The molecule has 0 atom stereocenters. The largest absolute Gasteiger partial charge is 0.512 e. The molecule has 0 aliphatic rings. The molecule has 5 nitrogen and oxygen atoms in total. The van der Waals surface area contributed by atoms with E-state index in [2.05, 4.69) is 11.1 Å². The van der Waals surface area contributed by atoms with E-state index in [4.69, 9.17) is 4.74 Å². The first-order chi connectivity index (χ1) is 21.6. The van der Waals surface area contributed by atoms with Crippen molar-refractivity contribution in [3.05, 3.63) is 77.8 Å². The number of alkyl halides is 3. The van der Waals surface area contributed by atoms with Crippen molar-refractivity contribution in [2.24, 2.45) is 10.8 Å². The molecule has 5 rings (SSSR count). The number of carbonyl (C=O) groups is 1. The molecular weight excluding hydrogens is 782 g/mol. The Morgan fingerprint density at radius 2 is 1.62 bits per heavy atom. The van der Waals surface area contributed by atoms with Gasteiger partial charge in [0.25, 0.3) is 0 Å². The van der Waals surface area contributed by atoms with Gasteiger partial charge in [-0.2, -0.15) is 13.2 Å². The molecule has 0 fully saturated rings. The van der Waals surface area contributed by atoms with Crippen LogP contribution in [0.1, 0.15) is 78.4 Å². The third kappa shape index (κ3) is 7.68. The molecule has 5 aromatic rings. The summed E-state index contributed by atoms with van der Waals surface area (Å²) < 4.78 is 46.0. The number of rotatable bonds is 9. The molecule has 47 heavy (non-hydrogen) atoms. The summed E-state index contributed by atoms with van der Waals surface area (Å²) in [7, 11) is 1.62.